The van der Waals surface area contributed by atoms with E-state index in [1.807, 2.05) is 12.1 Å². The highest BCUT2D eigenvalue weighted by Crippen LogP contribution is 2.41. The molecule has 10 aromatic rings. The smallest absolute Gasteiger partial charge is 0.135 e. The van der Waals surface area contributed by atoms with Crippen LogP contribution in [0.1, 0.15) is 0 Å². The van der Waals surface area contributed by atoms with Crippen molar-refractivity contribution in [1.82, 2.24) is 4.57 Å². The van der Waals surface area contributed by atoms with E-state index in [1.54, 1.807) is 0 Å². The third-order valence-corrected chi connectivity index (χ3v) is 9.75. The maximum Gasteiger partial charge on any atom is 0.135 e. The van der Waals surface area contributed by atoms with Crippen molar-refractivity contribution in [3.05, 3.63) is 182 Å². The van der Waals surface area contributed by atoms with Crippen molar-refractivity contribution >= 4 is 71.6 Å². The largest absolute Gasteiger partial charge is 0.456 e. The quantitative estimate of drug-likeness (QED) is 0.190. The fourth-order valence-electron chi connectivity index (χ4n) is 7.51. The van der Waals surface area contributed by atoms with Crippen molar-refractivity contribution in [1.29, 1.82) is 0 Å². The van der Waals surface area contributed by atoms with Crippen molar-refractivity contribution in [3.8, 4) is 16.8 Å². The minimum absolute atomic E-state index is 0.890. The van der Waals surface area contributed by atoms with Gasteiger partial charge in [0.1, 0.15) is 11.2 Å². The number of hydrogen-bond donors (Lipinski definition) is 0. The first-order valence-electron chi connectivity index (χ1n) is 16.7. The van der Waals surface area contributed by atoms with Gasteiger partial charge < -0.3 is 13.9 Å². The van der Waals surface area contributed by atoms with Crippen LogP contribution in [0.15, 0.2) is 186 Å². The Morgan fingerprint density at radius 3 is 1.94 bits per heavy atom. The molecule has 2 heterocycles. The second-order valence-corrected chi connectivity index (χ2v) is 12.6. The Balaban J connectivity index is 1.16. The van der Waals surface area contributed by atoms with Crippen LogP contribution in [0.4, 0.5) is 17.1 Å². The maximum absolute atomic E-state index is 6.18. The van der Waals surface area contributed by atoms with E-state index < -0.39 is 0 Å². The van der Waals surface area contributed by atoms with Crippen LogP contribution in [0, 0.1) is 0 Å². The number of furan rings is 1. The zero-order chi connectivity index (χ0) is 32.3. The number of benzene rings is 8. The Labute approximate surface area is 283 Å². The molecular weight excluding hydrogens is 597 g/mol. The predicted octanol–water partition coefficient (Wildman–Crippen LogP) is 13.0. The van der Waals surface area contributed by atoms with Crippen LogP contribution in [0.25, 0.3) is 71.3 Å². The Kier molecular flexibility index (Phi) is 6.18. The molecule has 0 radical (unpaired) electrons. The molecule has 3 heteroatoms. The lowest BCUT2D eigenvalue weighted by Crippen LogP contribution is -2.09. The first-order chi connectivity index (χ1) is 24.3. The standard InChI is InChI=1S/C46H30N2O/c1-2-15-34(16-3-1)47(36-25-27-46-41(30-36)40-20-7-9-23-45(40)49-46)35-17-10-14-32(28-35)33-24-26-39-38-19-6-8-21-43(38)48(44(39)29-33)42-22-11-13-31-12-4-5-18-37(31)42/h1-30H. The highest BCUT2D eigenvalue weighted by Gasteiger charge is 2.18. The van der Waals surface area contributed by atoms with Gasteiger partial charge in [0.15, 0.2) is 0 Å². The molecule has 0 bridgehead atoms. The van der Waals surface area contributed by atoms with E-state index in [0.29, 0.717) is 0 Å². The molecule has 0 aliphatic rings. The van der Waals surface area contributed by atoms with Crippen LogP contribution >= 0.6 is 0 Å². The molecule has 230 valence electrons. The second-order valence-electron chi connectivity index (χ2n) is 12.6. The van der Waals surface area contributed by atoms with Gasteiger partial charge >= 0.3 is 0 Å². The van der Waals surface area contributed by atoms with Crippen LogP contribution in [-0.2, 0) is 0 Å². The average molecular weight is 627 g/mol. The van der Waals surface area contributed by atoms with Gasteiger partial charge in [-0.25, -0.2) is 0 Å². The maximum atomic E-state index is 6.18. The van der Waals surface area contributed by atoms with Crippen molar-refractivity contribution in [2.45, 2.75) is 0 Å². The molecule has 0 spiro atoms. The van der Waals surface area contributed by atoms with Gasteiger partial charge in [0, 0.05) is 44.0 Å². The number of para-hydroxylation sites is 3. The van der Waals surface area contributed by atoms with E-state index in [0.717, 1.165) is 44.6 Å². The summed E-state index contributed by atoms with van der Waals surface area (Å²) >= 11 is 0. The zero-order valence-corrected chi connectivity index (χ0v) is 26.6. The Morgan fingerprint density at radius 2 is 1.02 bits per heavy atom. The average Bonchev–Trinajstić information content (AvgIpc) is 3.70. The molecule has 0 aliphatic heterocycles. The molecule has 8 aromatic carbocycles. The lowest BCUT2D eigenvalue weighted by atomic mass is 10.0. The van der Waals surface area contributed by atoms with Crippen molar-refractivity contribution < 1.29 is 4.42 Å². The normalized spacial score (nSPS) is 11.7. The first-order valence-corrected chi connectivity index (χ1v) is 16.7. The Hall–Kier alpha value is -6.58. The summed E-state index contributed by atoms with van der Waals surface area (Å²) in [4.78, 5) is 2.33. The Morgan fingerprint density at radius 1 is 0.367 bits per heavy atom. The molecule has 0 unspecified atom stereocenters. The number of nitrogens with zero attached hydrogens (tertiary/aromatic N) is 2. The van der Waals surface area contributed by atoms with Gasteiger partial charge in [0.05, 0.1) is 16.7 Å². The third kappa shape index (κ3) is 4.44. The molecule has 49 heavy (non-hydrogen) atoms. The van der Waals surface area contributed by atoms with Gasteiger partial charge in [-0.1, -0.05) is 115 Å². The molecular formula is C46H30N2O. The van der Waals surface area contributed by atoms with Gasteiger partial charge in [0.25, 0.3) is 0 Å². The number of rotatable bonds is 5. The predicted molar refractivity (Wildman–Crippen MR) is 206 cm³/mol. The van der Waals surface area contributed by atoms with Crippen LogP contribution in [0.2, 0.25) is 0 Å². The fourth-order valence-corrected chi connectivity index (χ4v) is 7.51. The molecule has 0 saturated heterocycles. The lowest BCUT2D eigenvalue weighted by Gasteiger charge is -2.26. The van der Waals surface area contributed by atoms with E-state index in [2.05, 4.69) is 179 Å². The summed E-state index contributed by atoms with van der Waals surface area (Å²) in [7, 11) is 0. The van der Waals surface area contributed by atoms with Gasteiger partial charge in [0.2, 0.25) is 0 Å². The summed E-state index contributed by atoms with van der Waals surface area (Å²) in [5.74, 6) is 0. The highest BCUT2D eigenvalue weighted by molar-refractivity contribution is 6.11. The molecule has 0 saturated carbocycles. The summed E-state index contributed by atoms with van der Waals surface area (Å²) in [5.41, 5.74) is 11.0. The molecule has 0 aliphatic carbocycles. The summed E-state index contributed by atoms with van der Waals surface area (Å²) in [6.07, 6.45) is 0. The van der Waals surface area contributed by atoms with E-state index >= 15 is 0 Å². The highest BCUT2D eigenvalue weighted by atomic mass is 16.3. The van der Waals surface area contributed by atoms with Gasteiger partial charge in [-0.15, -0.1) is 0 Å². The topological polar surface area (TPSA) is 21.3 Å². The summed E-state index contributed by atoms with van der Waals surface area (Å²) in [6, 6.07) is 65.1. The summed E-state index contributed by atoms with van der Waals surface area (Å²) in [5, 5.41) is 7.20. The Bertz CT molecular complexity index is 2840. The molecule has 2 aromatic heterocycles. The van der Waals surface area contributed by atoms with Crippen LogP contribution in [0.3, 0.4) is 0 Å². The zero-order valence-electron chi connectivity index (χ0n) is 26.6. The molecule has 10 rings (SSSR count). The van der Waals surface area contributed by atoms with Crippen LogP contribution < -0.4 is 4.90 Å². The van der Waals surface area contributed by atoms with E-state index in [-0.39, 0.29) is 0 Å². The van der Waals surface area contributed by atoms with Gasteiger partial charge in [-0.05, 0) is 83.2 Å². The number of anilines is 3. The van der Waals surface area contributed by atoms with Gasteiger partial charge in [-0.3, -0.25) is 0 Å². The molecule has 3 nitrogen and oxygen atoms in total. The van der Waals surface area contributed by atoms with E-state index in [1.165, 1.54) is 43.8 Å². The summed E-state index contributed by atoms with van der Waals surface area (Å²) in [6.45, 7) is 0. The van der Waals surface area contributed by atoms with E-state index in [4.69, 9.17) is 4.42 Å². The molecule has 0 amide bonds. The minimum atomic E-state index is 0.890. The SMILES string of the molecule is c1ccc(N(c2cccc(-c3ccc4c5ccccc5n(-c5cccc6ccccc56)c4c3)c2)c2ccc3oc4ccccc4c3c2)cc1. The second kappa shape index (κ2) is 11.0. The van der Waals surface area contributed by atoms with Crippen LogP contribution in [-0.4, -0.2) is 4.57 Å². The summed E-state index contributed by atoms with van der Waals surface area (Å²) < 4.78 is 8.61. The van der Waals surface area contributed by atoms with Crippen molar-refractivity contribution in [3.63, 3.8) is 0 Å². The van der Waals surface area contributed by atoms with Crippen molar-refractivity contribution in [2.75, 3.05) is 4.90 Å². The fraction of sp³-hybridized carbons (Fsp3) is 0. The first kappa shape index (κ1) is 27.5. The minimum Gasteiger partial charge on any atom is -0.456 e. The molecule has 0 atom stereocenters. The van der Waals surface area contributed by atoms with E-state index in [9.17, 15) is 0 Å². The molecule has 0 fully saturated rings. The molecule has 0 N–H and O–H groups in total. The number of hydrogen-bond acceptors (Lipinski definition) is 2. The number of fused-ring (bicyclic) bond motifs is 7. The lowest BCUT2D eigenvalue weighted by molar-refractivity contribution is 0.669. The number of aromatic nitrogens is 1. The van der Waals surface area contributed by atoms with Gasteiger partial charge in [-0.2, -0.15) is 0 Å². The third-order valence-electron chi connectivity index (χ3n) is 9.75. The van der Waals surface area contributed by atoms with Crippen molar-refractivity contribution in [2.24, 2.45) is 0 Å². The van der Waals surface area contributed by atoms with Crippen LogP contribution in [0.5, 0.6) is 0 Å². The monoisotopic (exact) mass is 626 g/mol.